The fourth-order valence-corrected chi connectivity index (χ4v) is 2.29. The number of hydrogen-bond donors (Lipinski definition) is 2. The van der Waals surface area contributed by atoms with Gasteiger partial charge < -0.3 is 15.5 Å². The van der Waals surface area contributed by atoms with Crippen molar-refractivity contribution in [2.45, 2.75) is 32.9 Å². The molecule has 1 aromatic rings. The molecule has 0 radical (unpaired) electrons. The summed E-state index contributed by atoms with van der Waals surface area (Å²) in [5.41, 5.74) is 2.53. The number of benzene rings is 1. The molecule has 1 aliphatic heterocycles. The van der Waals surface area contributed by atoms with Crippen LogP contribution < -0.4 is 15.5 Å². The van der Waals surface area contributed by atoms with Crippen LogP contribution in [-0.4, -0.2) is 31.7 Å². The van der Waals surface area contributed by atoms with Crippen LogP contribution in [-0.2, 0) is 0 Å². The molecule has 0 bridgehead atoms. The predicted molar refractivity (Wildman–Crippen MR) is 74.9 cm³/mol. The first-order valence-electron chi connectivity index (χ1n) is 6.50. The van der Waals surface area contributed by atoms with Gasteiger partial charge in [-0.2, -0.15) is 0 Å². The molecule has 3 nitrogen and oxygen atoms in total. The van der Waals surface area contributed by atoms with Crippen molar-refractivity contribution in [2.24, 2.45) is 0 Å². The average molecular weight is 233 g/mol. The number of piperazine rings is 1. The predicted octanol–water partition coefficient (Wildman–Crippen LogP) is 2.30. The molecule has 17 heavy (non-hydrogen) atoms. The highest BCUT2D eigenvalue weighted by atomic mass is 15.2. The van der Waals surface area contributed by atoms with E-state index in [1.807, 2.05) is 0 Å². The lowest BCUT2D eigenvalue weighted by atomic mass is 10.2. The Labute approximate surface area is 104 Å². The van der Waals surface area contributed by atoms with E-state index in [2.05, 4.69) is 60.6 Å². The van der Waals surface area contributed by atoms with Gasteiger partial charge in [0.2, 0.25) is 0 Å². The second kappa shape index (κ2) is 5.41. The molecule has 0 aromatic heterocycles. The van der Waals surface area contributed by atoms with Gasteiger partial charge in [0.1, 0.15) is 0 Å². The smallest absolute Gasteiger partial charge is 0.0387 e. The second-order valence-corrected chi connectivity index (χ2v) is 5.15. The Hall–Kier alpha value is -1.22. The Balaban J connectivity index is 2.09. The van der Waals surface area contributed by atoms with Crippen molar-refractivity contribution >= 4 is 11.4 Å². The minimum atomic E-state index is 0.479. The molecule has 3 heteroatoms. The number of nitrogens with zero attached hydrogens (tertiary/aromatic N) is 1. The van der Waals surface area contributed by atoms with Crippen LogP contribution in [0.1, 0.15) is 20.8 Å². The van der Waals surface area contributed by atoms with Crippen LogP contribution in [0.4, 0.5) is 11.4 Å². The highest BCUT2D eigenvalue weighted by Gasteiger charge is 2.15. The van der Waals surface area contributed by atoms with Crippen LogP contribution in [0.3, 0.4) is 0 Å². The Morgan fingerprint density at radius 1 is 1.41 bits per heavy atom. The molecule has 0 saturated carbocycles. The number of hydrogen-bond acceptors (Lipinski definition) is 3. The fraction of sp³-hybridized carbons (Fsp3) is 0.571. The van der Waals surface area contributed by atoms with E-state index in [0.29, 0.717) is 12.1 Å². The molecule has 1 aromatic carbocycles. The molecule has 0 aliphatic carbocycles. The van der Waals surface area contributed by atoms with Crippen LogP contribution >= 0.6 is 0 Å². The number of anilines is 2. The van der Waals surface area contributed by atoms with E-state index >= 15 is 0 Å². The lowest BCUT2D eigenvalue weighted by Crippen LogP contribution is -2.49. The largest absolute Gasteiger partial charge is 0.383 e. The van der Waals surface area contributed by atoms with Gasteiger partial charge in [0.15, 0.2) is 0 Å². The van der Waals surface area contributed by atoms with E-state index in [1.54, 1.807) is 0 Å². The Morgan fingerprint density at radius 2 is 2.24 bits per heavy atom. The third kappa shape index (κ3) is 3.37. The van der Waals surface area contributed by atoms with E-state index in [0.717, 1.165) is 19.6 Å². The van der Waals surface area contributed by atoms with Gasteiger partial charge in [-0.05, 0) is 39.0 Å². The summed E-state index contributed by atoms with van der Waals surface area (Å²) in [7, 11) is 0. The standard InChI is InChI=1S/C14H23N3/c1-11(2)16-13-5-4-6-14(9-13)17-8-7-15-12(3)10-17/h4-6,9,11-12,15-16H,7-8,10H2,1-3H3/t12-/m0/s1. The molecule has 1 atom stereocenters. The highest BCUT2D eigenvalue weighted by Crippen LogP contribution is 2.21. The normalized spacial score (nSPS) is 20.7. The zero-order chi connectivity index (χ0) is 12.3. The first-order valence-corrected chi connectivity index (χ1v) is 6.50. The van der Waals surface area contributed by atoms with Crippen molar-refractivity contribution in [3.05, 3.63) is 24.3 Å². The maximum Gasteiger partial charge on any atom is 0.0387 e. The third-order valence-electron chi connectivity index (χ3n) is 3.04. The summed E-state index contributed by atoms with van der Waals surface area (Å²) in [4.78, 5) is 2.45. The van der Waals surface area contributed by atoms with E-state index in [4.69, 9.17) is 0 Å². The molecule has 0 amide bonds. The van der Waals surface area contributed by atoms with E-state index < -0.39 is 0 Å². The van der Waals surface area contributed by atoms with Gasteiger partial charge in [0, 0.05) is 43.1 Å². The molecule has 1 fully saturated rings. The Kier molecular flexibility index (Phi) is 3.89. The summed E-state index contributed by atoms with van der Waals surface area (Å²) < 4.78 is 0. The maximum atomic E-state index is 3.47. The summed E-state index contributed by atoms with van der Waals surface area (Å²) in [5, 5.41) is 6.92. The molecule has 1 aliphatic rings. The lowest BCUT2D eigenvalue weighted by molar-refractivity contribution is 0.485. The highest BCUT2D eigenvalue weighted by molar-refractivity contribution is 5.58. The minimum absolute atomic E-state index is 0.479. The SMILES string of the molecule is CC(C)Nc1cccc(N2CCN[C@@H](C)C2)c1. The minimum Gasteiger partial charge on any atom is -0.383 e. The molecule has 1 saturated heterocycles. The van der Waals surface area contributed by atoms with Crippen LogP contribution in [0.25, 0.3) is 0 Å². The maximum absolute atomic E-state index is 3.47. The van der Waals surface area contributed by atoms with Crippen LogP contribution in [0, 0.1) is 0 Å². The summed E-state index contributed by atoms with van der Waals surface area (Å²) >= 11 is 0. The van der Waals surface area contributed by atoms with Gasteiger partial charge in [-0.15, -0.1) is 0 Å². The van der Waals surface area contributed by atoms with Crippen LogP contribution in [0.15, 0.2) is 24.3 Å². The molecule has 1 heterocycles. The average Bonchev–Trinajstić information content (AvgIpc) is 2.28. The molecular weight excluding hydrogens is 210 g/mol. The zero-order valence-electron chi connectivity index (χ0n) is 11.0. The van der Waals surface area contributed by atoms with Crippen molar-refractivity contribution in [1.29, 1.82) is 0 Å². The molecule has 0 spiro atoms. The second-order valence-electron chi connectivity index (χ2n) is 5.15. The summed E-state index contributed by atoms with van der Waals surface area (Å²) in [6.45, 7) is 9.82. The van der Waals surface area contributed by atoms with E-state index in [9.17, 15) is 0 Å². The summed E-state index contributed by atoms with van der Waals surface area (Å²) in [6, 6.07) is 9.77. The Morgan fingerprint density at radius 3 is 2.94 bits per heavy atom. The van der Waals surface area contributed by atoms with Crippen molar-refractivity contribution in [1.82, 2.24) is 5.32 Å². The van der Waals surface area contributed by atoms with Crippen molar-refractivity contribution in [2.75, 3.05) is 29.9 Å². The quantitative estimate of drug-likeness (QED) is 0.839. The van der Waals surface area contributed by atoms with Crippen molar-refractivity contribution < 1.29 is 0 Å². The van der Waals surface area contributed by atoms with Gasteiger partial charge in [0.25, 0.3) is 0 Å². The van der Waals surface area contributed by atoms with Gasteiger partial charge in [-0.3, -0.25) is 0 Å². The van der Waals surface area contributed by atoms with Crippen LogP contribution in [0.2, 0.25) is 0 Å². The lowest BCUT2D eigenvalue weighted by Gasteiger charge is -2.34. The monoisotopic (exact) mass is 233 g/mol. The molecule has 2 rings (SSSR count). The number of nitrogens with one attached hydrogen (secondary N) is 2. The zero-order valence-corrected chi connectivity index (χ0v) is 11.0. The molecule has 0 unspecified atom stereocenters. The van der Waals surface area contributed by atoms with E-state index in [1.165, 1.54) is 11.4 Å². The van der Waals surface area contributed by atoms with Crippen molar-refractivity contribution in [3.8, 4) is 0 Å². The summed E-state index contributed by atoms with van der Waals surface area (Å²) in [5.74, 6) is 0. The third-order valence-corrected chi connectivity index (χ3v) is 3.04. The fourth-order valence-electron chi connectivity index (χ4n) is 2.29. The molecule has 2 N–H and O–H groups in total. The van der Waals surface area contributed by atoms with E-state index in [-0.39, 0.29) is 0 Å². The summed E-state index contributed by atoms with van der Waals surface area (Å²) in [6.07, 6.45) is 0. The van der Waals surface area contributed by atoms with Gasteiger partial charge in [-0.1, -0.05) is 6.07 Å². The van der Waals surface area contributed by atoms with Gasteiger partial charge in [-0.25, -0.2) is 0 Å². The van der Waals surface area contributed by atoms with Crippen LogP contribution in [0.5, 0.6) is 0 Å². The molecule has 94 valence electrons. The first-order chi connectivity index (χ1) is 8.15. The van der Waals surface area contributed by atoms with Crippen molar-refractivity contribution in [3.63, 3.8) is 0 Å². The molecular formula is C14H23N3. The van der Waals surface area contributed by atoms with Gasteiger partial charge in [0.05, 0.1) is 0 Å². The Bertz CT molecular complexity index is 362. The topological polar surface area (TPSA) is 27.3 Å². The number of rotatable bonds is 3. The van der Waals surface area contributed by atoms with Gasteiger partial charge >= 0.3 is 0 Å². The first kappa shape index (κ1) is 12.2.